The lowest BCUT2D eigenvalue weighted by atomic mass is 9.94. The first kappa shape index (κ1) is 28.2. The second-order valence-corrected chi connectivity index (χ2v) is 13.2. The van der Waals surface area contributed by atoms with Gasteiger partial charge < -0.3 is 13.7 Å². The van der Waals surface area contributed by atoms with E-state index in [1.54, 1.807) is 0 Å². The molecule has 3 heterocycles. The fourth-order valence-electron chi connectivity index (χ4n) is 8.47. The topological polar surface area (TPSA) is 14.8 Å². The summed E-state index contributed by atoms with van der Waals surface area (Å²) in [6, 6.07) is 55.5. The molecule has 8 aromatic carbocycles. The molecule has 3 aromatic heterocycles. The molecule has 0 N–H and O–H groups in total. The monoisotopic (exact) mass is 659 g/mol. The highest BCUT2D eigenvalue weighted by Crippen LogP contribution is 2.46. The van der Waals surface area contributed by atoms with Crippen molar-refractivity contribution in [2.75, 3.05) is 0 Å². The number of rotatable bonds is 3. The van der Waals surface area contributed by atoms with Crippen LogP contribution in [0.2, 0.25) is 0 Å². The van der Waals surface area contributed by atoms with Gasteiger partial charge in [0.2, 0.25) is 0 Å². The summed E-state index contributed by atoms with van der Waals surface area (Å²) < 4.78 is 36.7. The van der Waals surface area contributed by atoms with E-state index in [1.165, 1.54) is 12.1 Å². The minimum absolute atomic E-state index is 0.693. The van der Waals surface area contributed by atoms with E-state index in [9.17, 15) is 8.78 Å². The Morgan fingerprint density at radius 1 is 0.275 bits per heavy atom. The molecule has 0 aliphatic carbocycles. The molecule has 0 fully saturated rings. The minimum Gasteiger partial charge on any atom is -0.306 e. The van der Waals surface area contributed by atoms with Gasteiger partial charge in [0.1, 0.15) is 0 Å². The van der Waals surface area contributed by atoms with Gasteiger partial charge in [-0.3, -0.25) is 0 Å². The van der Waals surface area contributed by atoms with Crippen molar-refractivity contribution in [3.8, 4) is 17.1 Å². The molecule has 0 saturated carbocycles. The molecule has 0 amide bonds. The summed E-state index contributed by atoms with van der Waals surface area (Å²) in [6.45, 7) is 0. The third-order valence-corrected chi connectivity index (χ3v) is 10.5. The summed E-state index contributed by atoms with van der Waals surface area (Å²) in [5, 5.41) is 7.41. The van der Waals surface area contributed by atoms with Crippen LogP contribution in [0.1, 0.15) is 0 Å². The van der Waals surface area contributed by atoms with Crippen LogP contribution in [-0.4, -0.2) is 13.7 Å². The number of nitrogens with zero attached hydrogens (tertiary/aromatic N) is 3. The van der Waals surface area contributed by atoms with Crippen LogP contribution in [0.15, 0.2) is 164 Å². The van der Waals surface area contributed by atoms with Crippen LogP contribution in [0, 0.1) is 11.6 Å². The molecule has 0 saturated heterocycles. The molecule has 5 heteroatoms. The zero-order valence-corrected chi connectivity index (χ0v) is 27.2. The lowest BCUT2D eigenvalue weighted by Crippen LogP contribution is -1.97. The molecule has 0 unspecified atom stereocenters. The number of hydrogen-bond acceptors (Lipinski definition) is 0. The fourth-order valence-corrected chi connectivity index (χ4v) is 8.47. The smallest absolute Gasteiger partial charge is 0.159 e. The Kier molecular flexibility index (Phi) is 5.74. The summed E-state index contributed by atoms with van der Waals surface area (Å²) in [7, 11) is 0. The number of hydrogen-bond donors (Lipinski definition) is 0. The first-order valence-corrected chi connectivity index (χ1v) is 17.1. The molecule has 3 nitrogen and oxygen atoms in total. The highest BCUT2D eigenvalue weighted by atomic mass is 19.2. The Morgan fingerprint density at radius 3 is 1.16 bits per heavy atom. The van der Waals surface area contributed by atoms with Crippen LogP contribution in [0.5, 0.6) is 0 Å². The van der Waals surface area contributed by atoms with Crippen LogP contribution < -0.4 is 0 Å². The van der Waals surface area contributed by atoms with Crippen LogP contribution in [0.3, 0.4) is 0 Å². The maximum atomic E-state index is 14.8. The molecule has 11 aromatic rings. The van der Waals surface area contributed by atoms with Crippen LogP contribution in [0.25, 0.3) is 93.3 Å². The number of benzene rings is 8. The molecular weight excluding hydrogens is 633 g/mol. The normalized spacial score (nSPS) is 12.1. The molecule has 240 valence electrons. The molecule has 0 bridgehead atoms. The molecule has 51 heavy (non-hydrogen) atoms. The Labute approximate surface area is 290 Å². The van der Waals surface area contributed by atoms with E-state index in [-0.39, 0.29) is 0 Å². The van der Waals surface area contributed by atoms with Crippen LogP contribution in [0.4, 0.5) is 8.78 Å². The first-order chi connectivity index (χ1) is 25.2. The van der Waals surface area contributed by atoms with Gasteiger partial charge in [-0.2, -0.15) is 0 Å². The quantitative estimate of drug-likeness (QED) is 0.168. The number of para-hydroxylation sites is 4. The Bertz CT molecular complexity index is 3070. The summed E-state index contributed by atoms with van der Waals surface area (Å²) in [6.07, 6.45) is 0. The standard InChI is InChI=1S/C46H27F2N3/c47-39-26-37-32-18-8-7-17-31(32)36-25-30(23-24-33(36)38(37)27-40(39)48)51-43-34-19-9-11-21-41(34)49(28-13-3-1-4-14-28)45(43)46-44(51)35-20-10-12-22-42(35)50(46)29-15-5-2-6-16-29/h1-27H. The molecule has 0 aliphatic rings. The van der Waals surface area contributed by atoms with Crippen molar-refractivity contribution in [3.63, 3.8) is 0 Å². The maximum Gasteiger partial charge on any atom is 0.159 e. The van der Waals surface area contributed by atoms with Gasteiger partial charge in [0.05, 0.1) is 33.1 Å². The van der Waals surface area contributed by atoms with Gasteiger partial charge in [0.15, 0.2) is 11.6 Å². The second-order valence-electron chi connectivity index (χ2n) is 13.2. The highest BCUT2D eigenvalue weighted by molar-refractivity contribution is 6.27. The van der Waals surface area contributed by atoms with Crippen LogP contribution >= 0.6 is 0 Å². The fraction of sp³-hybridized carbons (Fsp3) is 0. The maximum absolute atomic E-state index is 14.8. The van der Waals surface area contributed by atoms with Gasteiger partial charge >= 0.3 is 0 Å². The lowest BCUT2D eigenvalue weighted by molar-refractivity contribution is 0.511. The van der Waals surface area contributed by atoms with E-state index in [0.717, 1.165) is 82.5 Å². The van der Waals surface area contributed by atoms with E-state index < -0.39 is 11.6 Å². The van der Waals surface area contributed by atoms with Crippen molar-refractivity contribution in [3.05, 3.63) is 175 Å². The van der Waals surface area contributed by atoms with Crippen molar-refractivity contribution >= 4 is 76.2 Å². The molecular formula is C46H27F2N3. The lowest BCUT2D eigenvalue weighted by Gasteiger charge is -2.14. The number of halogens is 2. The third kappa shape index (κ3) is 3.80. The SMILES string of the molecule is Fc1cc2c3ccccc3c3cc(-n4c5c6ccccc6n(-c6ccccc6)c5c5c4c4ccccc4n5-c4ccccc4)ccc3c2cc1F. The van der Waals surface area contributed by atoms with Gasteiger partial charge in [0, 0.05) is 27.8 Å². The summed E-state index contributed by atoms with van der Waals surface area (Å²) in [5.74, 6) is -1.69. The average molecular weight is 660 g/mol. The van der Waals surface area contributed by atoms with Gasteiger partial charge in [-0.15, -0.1) is 0 Å². The van der Waals surface area contributed by atoms with Gasteiger partial charge in [-0.1, -0.05) is 103 Å². The first-order valence-electron chi connectivity index (χ1n) is 17.1. The van der Waals surface area contributed by atoms with Crippen molar-refractivity contribution in [2.24, 2.45) is 0 Å². The van der Waals surface area contributed by atoms with Crippen molar-refractivity contribution in [1.82, 2.24) is 13.7 Å². The van der Waals surface area contributed by atoms with Gasteiger partial charge in [-0.05, 0) is 93.0 Å². The largest absolute Gasteiger partial charge is 0.306 e. The predicted molar refractivity (Wildman–Crippen MR) is 207 cm³/mol. The summed E-state index contributed by atoms with van der Waals surface area (Å²) in [4.78, 5) is 0. The predicted octanol–water partition coefficient (Wildman–Crippen LogP) is 12.4. The molecule has 11 rings (SSSR count). The molecule has 0 spiro atoms. The van der Waals surface area contributed by atoms with E-state index in [4.69, 9.17) is 0 Å². The summed E-state index contributed by atoms with van der Waals surface area (Å²) in [5.41, 5.74) is 9.81. The minimum atomic E-state index is -0.848. The van der Waals surface area contributed by atoms with E-state index in [1.807, 2.05) is 18.2 Å². The number of fused-ring (bicyclic) bond motifs is 13. The molecule has 0 radical (unpaired) electrons. The molecule has 0 aliphatic heterocycles. The van der Waals surface area contributed by atoms with E-state index in [0.29, 0.717) is 10.8 Å². The summed E-state index contributed by atoms with van der Waals surface area (Å²) >= 11 is 0. The Hall–Kier alpha value is -6.72. The van der Waals surface area contributed by atoms with Gasteiger partial charge in [0.25, 0.3) is 0 Å². The molecule has 0 atom stereocenters. The van der Waals surface area contributed by atoms with Gasteiger partial charge in [-0.25, -0.2) is 8.78 Å². The number of aromatic nitrogens is 3. The van der Waals surface area contributed by atoms with Crippen molar-refractivity contribution in [2.45, 2.75) is 0 Å². The van der Waals surface area contributed by atoms with Crippen LogP contribution in [-0.2, 0) is 0 Å². The van der Waals surface area contributed by atoms with E-state index >= 15 is 0 Å². The third-order valence-electron chi connectivity index (χ3n) is 10.5. The highest BCUT2D eigenvalue weighted by Gasteiger charge is 2.28. The van der Waals surface area contributed by atoms with E-state index in [2.05, 4.69) is 147 Å². The average Bonchev–Trinajstić information content (AvgIpc) is 3.81. The Balaban J connectivity index is 1.38. The second kappa shape index (κ2) is 10.4. The van der Waals surface area contributed by atoms with Crippen molar-refractivity contribution < 1.29 is 8.78 Å². The van der Waals surface area contributed by atoms with Crippen molar-refractivity contribution in [1.29, 1.82) is 0 Å². The zero-order chi connectivity index (χ0) is 33.8. The zero-order valence-electron chi connectivity index (χ0n) is 27.2. The Morgan fingerprint density at radius 2 is 0.667 bits per heavy atom.